The molecule has 0 aliphatic carbocycles. The Kier molecular flexibility index (Phi) is 6.14. The third-order valence-corrected chi connectivity index (χ3v) is 7.49. The maximum Gasteiger partial charge on any atom is 0.243 e. The zero-order chi connectivity index (χ0) is 21.1. The monoisotopic (exact) mass is 432 g/mol. The maximum atomic E-state index is 13.5. The Labute approximate surface area is 175 Å². The molecule has 7 nitrogen and oxygen atoms in total. The number of hydrogen-bond donors (Lipinski definition) is 3. The van der Waals surface area contributed by atoms with Gasteiger partial charge in [0.25, 0.3) is 0 Å². The fraction of sp³-hybridized carbons (Fsp3) is 0.381. The summed E-state index contributed by atoms with van der Waals surface area (Å²) in [7, 11) is -3.61. The van der Waals surface area contributed by atoms with Crippen LogP contribution < -0.4 is 16.2 Å². The van der Waals surface area contributed by atoms with Crippen molar-refractivity contribution >= 4 is 15.9 Å². The average molecular weight is 433 g/mol. The fourth-order valence-electron chi connectivity index (χ4n) is 4.00. The first kappa shape index (κ1) is 20.9. The first-order chi connectivity index (χ1) is 14.4. The highest BCUT2D eigenvalue weighted by Gasteiger charge is 2.35. The van der Waals surface area contributed by atoms with Gasteiger partial charge in [0.15, 0.2) is 0 Å². The molecule has 2 heterocycles. The summed E-state index contributed by atoms with van der Waals surface area (Å²) in [6.45, 7) is 0.572. The molecule has 0 aromatic heterocycles. The smallest absolute Gasteiger partial charge is 0.243 e. The van der Waals surface area contributed by atoms with Crippen molar-refractivity contribution in [3.05, 3.63) is 66.0 Å². The zero-order valence-electron chi connectivity index (χ0n) is 16.4. The molecule has 2 aromatic carbocycles. The van der Waals surface area contributed by atoms with E-state index in [0.29, 0.717) is 25.8 Å². The van der Waals surface area contributed by atoms with Gasteiger partial charge < -0.3 is 5.32 Å². The van der Waals surface area contributed by atoms with Crippen molar-refractivity contribution in [1.82, 2.24) is 20.5 Å². The van der Waals surface area contributed by atoms with E-state index in [-0.39, 0.29) is 35.4 Å². The predicted molar refractivity (Wildman–Crippen MR) is 110 cm³/mol. The van der Waals surface area contributed by atoms with E-state index in [2.05, 4.69) is 16.2 Å². The van der Waals surface area contributed by atoms with E-state index in [0.717, 1.165) is 5.56 Å². The van der Waals surface area contributed by atoms with Crippen LogP contribution in [0.2, 0.25) is 0 Å². The summed E-state index contributed by atoms with van der Waals surface area (Å²) in [5.74, 6) is -0.891. The third kappa shape index (κ3) is 4.54. The first-order valence-electron chi connectivity index (χ1n) is 10.1. The highest BCUT2D eigenvalue weighted by atomic mass is 32.2. The number of nitrogens with one attached hydrogen (secondary N) is 3. The minimum atomic E-state index is -3.61. The van der Waals surface area contributed by atoms with Gasteiger partial charge in [-0.2, -0.15) is 4.31 Å². The summed E-state index contributed by atoms with van der Waals surface area (Å²) in [5, 5.41) is 2.95. The number of benzene rings is 2. The Balaban J connectivity index is 1.36. The molecule has 2 fully saturated rings. The molecule has 30 heavy (non-hydrogen) atoms. The van der Waals surface area contributed by atoms with E-state index in [1.54, 1.807) is 36.4 Å². The van der Waals surface area contributed by atoms with Gasteiger partial charge in [-0.1, -0.05) is 30.3 Å². The van der Waals surface area contributed by atoms with Crippen molar-refractivity contribution in [2.75, 3.05) is 13.1 Å². The topological polar surface area (TPSA) is 90.5 Å². The van der Waals surface area contributed by atoms with E-state index >= 15 is 0 Å². The Morgan fingerprint density at radius 3 is 2.67 bits per heavy atom. The summed E-state index contributed by atoms with van der Waals surface area (Å²) in [5.41, 5.74) is 6.90. The molecule has 3 N–H and O–H groups in total. The van der Waals surface area contributed by atoms with Crippen LogP contribution in [0.25, 0.3) is 0 Å². The van der Waals surface area contributed by atoms with Crippen molar-refractivity contribution in [3.8, 4) is 0 Å². The lowest BCUT2D eigenvalue weighted by Crippen LogP contribution is -2.50. The first-order valence-corrected chi connectivity index (χ1v) is 11.5. The van der Waals surface area contributed by atoms with Crippen molar-refractivity contribution in [3.63, 3.8) is 0 Å². The highest BCUT2D eigenvalue weighted by molar-refractivity contribution is 7.89. The van der Waals surface area contributed by atoms with Crippen LogP contribution in [-0.4, -0.2) is 37.9 Å². The van der Waals surface area contributed by atoms with E-state index in [1.807, 2.05) is 6.07 Å². The number of rotatable bonds is 5. The molecule has 0 radical (unpaired) electrons. The largest absolute Gasteiger partial charge is 0.339 e. The van der Waals surface area contributed by atoms with Gasteiger partial charge in [-0.3, -0.25) is 4.79 Å². The van der Waals surface area contributed by atoms with Crippen molar-refractivity contribution < 1.29 is 17.6 Å². The highest BCUT2D eigenvalue weighted by Crippen LogP contribution is 2.25. The Morgan fingerprint density at radius 1 is 1.10 bits per heavy atom. The lowest BCUT2D eigenvalue weighted by molar-refractivity contribution is -0.126. The van der Waals surface area contributed by atoms with Crippen LogP contribution in [0.4, 0.5) is 4.39 Å². The number of amides is 1. The number of nitrogens with zero attached hydrogens (tertiary/aromatic N) is 1. The molecule has 3 atom stereocenters. The molecule has 2 saturated heterocycles. The van der Waals surface area contributed by atoms with Crippen LogP contribution in [0.1, 0.15) is 30.9 Å². The molecule has 0 spiro atoms. The second-order valence-electron chi connectivity index (χ2n) is 7.71. The molecule has 3 unspecified atom stereocenters. The Bertz CT molecular complexity index is 1000. The number of piperidine rings is 1. The fourth-order valence-corrected chi connectivity index (χ4v) is 5.54. The number of hydrogen-bond acceptors (Lipinski definition) is 5. The standard InChI is InChI=1S/C21H25FN4O3S/c22-17-8-4-6-15(12-17)19-13-20(25-24-19)23-21(27)16-7-5-11-26(14-16)30(28,29)18-9-2-1-3-10-18/h1-4,6,8-10,12,16,19-20,24-25H,5,7,11,13-14H2,(H,23,27). The van der Waals surface area contributed by atoms with E-state index in [9.17, 15) is 17.6 Å². The Hall–Kier alpha value is -2.33. The van der Waals surface area contributed by atoms with Crippen molar-refractivity contribution in [2.24, 2.45) is 5.92 Å². The number of carbonyl (C=O) groups excluding carboxylic acids is 1. The van der Waals surface area contributed by atoms with Gasteiger partial charge in [-0.05, 0) is 42.7 Å². The second-order valence-corrected chi connectivity index (χ2v) is 9.65. The van der Waals surface area contributed by atoms with Gasteiger partial charge in [0.1, 0.15) is 5.82 Å². The van der Waals surface area contributed by atoms with Crippen LogP contribution in [0.15, 0.2) is 59.5 Å². The van der Waals surface area contributed by atoms with Crippen molar-refractivity contribution in [1.29, 1.82) is 0 Å². The third-order valence-electron chi connectivity index (χ3n) is 5.61. The van der Waals surface area contributed by atoms with Gasteiger partial charge in [0.2, 0.25) is 15.9 Å². The summed E-state index contributed by atoms with van der Waals surface area (Å²) in [6, 6.07) is 14.5. The number of hydrazine groups is 1. The van der Waals surface area contributed by atoms with Crippen LogP contribution in [0, 0.1) is 11.7 Å². The molecule has 4 rings (SSSR count). The van der Waals surface area contributed by atoms with E-state index in [4.69, 9.17) is 0 Å². The van der Waals surface area contributed by atoms with Crippen LogP contribution in [-0.2, 0) is 14.8 Å². The number of halogens is 1. The number of sulfonamides is 1. The predicted octanol–water partition coefficient (Wildman–Crippen LogP) is 1.91. The van der Waals surface area contributed by atoms with Gasteiger partial charge in [0, 0.05) is 25.6 Å². The lowest BCUT2D eigenvalue weighted by Gasteiger charge is -2.31. The van der Waals surface area contributed by atoms with E-state index < -0.39 is 15.9 Å². The van der Waals surface area contributed by atoms with Crippen LogP contribution in [0.5, 0.6) is 0 Å². The van der Waals surface area contributed by atoms with Gasteiger partial charge in [-0.25, -0.2) is 23.7 Å². The summed E-state index contributed by atoms with van der Waals surface area (Å²) in [6.07, 6.45) is 1.52. The number of carbonyl (C=O) groups is 1. The minimum Gasteiger partial charge on any atom is -0.339 e. The molecular formula is C21H25FN4O3S. The molecule has 9 heteroatoms. The maximum absolute atomic E-state index is 13.5. The van der Waals surface area contributed by atoms with Gasteiger partial charge in [0.05, 0.1) is 17.0 Å². The molecule has 160 valence electrons. The lowest BCUT2D eigenvalue weighted by atomic mass is 9.98. The zero-order valence-corrected chi connectivity index (χ0v) is 17.2. The van der Waals surface area contributed by atoms with Gasteiger partial charge in [-0.15, -0.1) is 0 Å². The van der Waals surface area contributed by atoms with Gasteiger partial charge >= 0.3 is 0 Å². The summed E-state index contributed by atoms with van der Waals surface area (Å²) < 4.78 is 40.6. The van der Waals surface area contributed by atoms with E-state index in [1.165, 1.54) is 16.4 Å². The second kappa shape index (κ2) is 8.81. The molecule has 2 aromatic rings. The molecular weight excluding hydrogens is 407 g/mol. The van der Waals surface area contributed by atoms with Crippen LogP contribution >= 0.6 is 0 Å². The quantitative estimate of drug-likeness (QED) is 0.672. The average Bonchev–Trinajstić information content (AvgIpc) is 3.23. The minimum absolute atomic E-state index is 0.118. The molecule has 1 amide bonds. The molecule has 2 aliphatic rings. The summed E-state index contributed by atoms with van der Waals surface area (Å²) >= 11 is 0. The molecule has 2 aliphatic heterocycles. The molecule has 0 saturated carbocycles. The normalized spacial score (nSPS) is 25.2. The van der Waals surface area contributed by atoms with Crippen LogP contribution in [0.3, 0.4) is 0 Å². The summed E-state index contributed by atoms with van der Waals surface area (Å²) in [4.78, 5) is 13.0. The van der Waals surface area contributed by atoms with Crippen molar-refractivity contribution in [2.45, 2.75) is 36.4 Å². The SMILES string of the molecule is O=C(NC1CC(c2cccc(F)c2)NN1)C1CCCN(S(=O)(=O)c2ccccc2)C1. The molecule has 0 bridgehead atoms. The Morgan fingerprint density at radius 2 is 1.90 bits per heavy atom.